The van der Waals surface area contributed by atoms with Gasteiger partial charge in [-0.05, 0) is 25.6 Å². The van der Waals surface area contributed by atoms with Crippen LogP contribution in [-0.2, 0) is 4.74 Å². The van der Waals surface area contributed by atoms with Gasteiger partial charge in [0.25, 0.3) is 0 Å². The van der Waals surface area contributed by atoms with Crippen molar-refractivity contribution in [3.05, 3.63) is 29.6 Å². The number of aryl methyl sites for hydroxylation is 1. The standard InChI is InChI=1S/C15H25N3O/c1-11(2)16-10-14-15(18(4)7-8-19-14)13-6-5-12(3)17-9-13/h5-6,9,11,14-16H,7-8,10H2,1-4H3. The lowest BCUT2D eigenvalue weighted by Gasteiger charge is -2.39. The van der Waals surface area contributed by atoms with Crippen LogP contribution in [0, 0.1) is 6.92 Å². The van der Waals surface area contributed by atoms with E-state index in [1.54, 1.807) is 0 Å². The lowest BCUT2D eigenvalue weighted by atomic mass is 9.99. The summed E-state index contributed by atoms with van der Waals surface area (Å²) in [5, 5.41) is 3.47. The normalized spacial score (nSPS) is 24.9. The van der Waals surface area contributed by atoms with Gasteiger partial charge in [-0.2, -0.15) is 0 Å². The van der Waals surface area contributed by atoms with Gasteiger partial charge in [0.15, 0.2) is 0 Å². The summed E-state index contributed by atoms with van der Waals surface area (Å²) in [5.41, 5.74) is 2.29. The number of ether oxygens (including phenoxy) is 1. The van der Waals surface area contributed by atoms with Crippen LogP contribution in [0.25, 0.3) is 0 Å². The van der Waals surface area contributed by atoms with Crippen LogP contribution in [0.15, 0.2) is 18.3 Å². The molecule has 4 nitrogen and oxygen atoms in total. The van der Waals surface area contributed by atoms with Crippen LogP contribution in [0.4, 0.5) is 0 Å². The number of nitrogens with one attached hydrogen (secondary N) is 1. The smallest absolute Gasteiger partial charge is 0.0897 e. The quantitative estimate of drug-likeness (QED) is 0.898. The number of hydrogen-bond donors (Lipinski definition) is 1. The number of likely N-dealkylation sites (N-methyl/N-ethyl adjacent to an activating group) is 1. The van der Waals surface area contributed by atoms with Gasteiger partial charge >= 0.3 is 0 Å². The lowest BCUT2D eigenvalue weighted by Crippen LogP contribution is -2.48. The summed E-state index contributed by atoms with van der Waals surface area (Å²) in [7, 11) is 2.16. The summed E-state index contributed by atoms with van der Waals surface area (Å²) in [6, 6.07) is 5.01. The second-order valence-electron chi connectivity index (χ2n) is 5.63. The Morgan fingerprint density at radius 2 is 2.26 bits per heavy atom. The number of nitrogens with zero attached hydrogens (tertiary/aromatic N) is 2. The van der Waals surface area contributed by atoms with Gasteiger partial charge in [0.1, 0.15) is 0 Å². The minimum Gasteiger partial charge on any atom is -0.374 e. The largest absolute Gasteiger partial charge is 0.374 e. The average molecular weight is 263 g/mol. The Hall–Kier alpha value is -0.970. The molecule has 1 aromatic rings. The molecule has 0 radical (unpaired) electrons. The van der Waals surface area contributed by atoms with Crippen LogP contribution in [-0.4, -0.2) is 48.8 Å². The minimum absolute atomic E-state index is 0.186. The van der Waals surface area contributed by atoms with E-state index < -0.39 is 0 Å². The molecule has 2 unspecified atom stereocenters. The summed E-state index contributed by atoms with van der Waals surface area (Å²) in [6.07, 6.45) is 2.17. The molecular formula is C15H25N3O. The van der Waals surface area contributed by atoms with Crippen LogP contribution in [0.5, 0.6) is 0 Å². The van der Waals surface area contributed by atoms with Gasteiger partial charge in [0.05, 0.1) is 18.8 Å². The Kier molecular flexibility index (Phi) is 4.91. The van der Waals surface area contributed by atoms with Crippen molar-refractivity contribution in [3.8, 4) is 0 Å². The molecule has 2 rings (SSSR count). The van der Waals surface area contributed by atoms with E-state index in [2.05, 4.69) is 48.2 Å². The zero-order valence-electron chi connectivity index (χ0n) is 12.4. The fourth-order valence-electron chi connectivity index (χ4n) is 2.51. The first-order valence-electron chi connectivity index (χ1n) is 7.05. The predicted molar refractivity (Wildman–Crippen MR) is 77.2 cm³/mol. The van der Waals surface area contributed by atoms with Crippen molar-refractivity contribution in [1.29, 1.82) is 0 Å². The summed E-state index contributed by atoms with van der Waals surface area (Å²) >= 11 is 0. The number of pyridine rings is 1. The Balaban J connectivity index is 2.13. The molecule has 1 aromatic heterocycles. The van der Waals surface area contributed by atoms with Gasteiger partial charge in [-0.3, -0.25) is 9.88 Å². The molecule has 1 N–H and O–H groups in total. The molecule has 0 bridgehead atoms. The van der Waals surface area contributed by atoms with Crippen molar-refractivity contribution in [3.63, 3.8) is 0 Å². The maximum atomic E-state index is 5.96. The van der Waals surface area contributed by atoms with Crippen LogP contribution in [0.2, 0.25) is 0 Å². The van der Waals surface area contributed by atoms with Crippen LogP contribution in [0.1, 0.15) is 31.1 Å². The monoisotopic (exact) mass is 263 g/mol. The number of hydrogen-bond acceptors (Lipinski definition) is 4. The second-order valence-corrected chi connectivity index (χ2v) is 5.63. The fourth-order valence-corrected chi connectivity index (χ4v) is 2.51. The Bertz CT molecular complexity index is 391. The molecule has 0 amide bonds. The zero-order chi connectivity index (χ0) is 13.8. The molecular weight excluding hydrogens is 238 g/mol. The first-order chi connectivity index (χ1) is 9.08. The Labute approximate surface area is 116 Å². The van der Waals surface area contributed by atoms with E-state index in [4.69, 9.17) is 4.74 Å². The maximum Gasteiger partial charge on any atom is 0.0897 e. The van der Waals surface area contributed by atoms with Gasteiger partial charge < -0.3 is 10.1 Å². The predicted octanol–water partition coefficient (Wildman–Crippen LogP) is 1.76. The molecule has 0 spiro atoms. The van der Waals surface area contributed by atoms with Crippen molar-refractivity contribution in [2.75, 3.05) is 26.7 Å². The highest BCUT2D eigenvalue weighted by Crippen LogP contribution is 2.27. The molecule has 4 heteroatoms. The number of aromatic nitrogens is 1. The van der Waals surface area contributed by atoms with Crippen molar-refractivity contribution in [1.82, 2.24) is 15.2 Å². The number of morpholine rings is 1. The average Bonchev–Trinajstić information content (AvgIpc) is 2.38. The Morgan fingerprint density at radius 3 is 2.89 bits per heavy atom. The summed E-state index contributed by atoms with van der Waals surface area (Å²) < 4.78 is 5.96. The zero-order valence-corrected chi connectivity index (χ0v) is 12.4. The molecule has 2 atom stereocenters. The van der Waals surface area contributed by atoms with E-state index in [0.717, 1.165) is 25.4 Å². The summed E-state index contributed by atoms with van der Waals surface area (Å²) in [4.78, 5) is 6.78. The molecule has 0 aliphatic carbocycles. The van der Waals surface area contributed by atoms with Gasteiger partial charge in [-0.25, -0.2) is 0 Å². The van der Waals surface area contributed by atoms with Gasteiger partial charge in [0, 0.05) is 31.0 Å². The van der Waals surface area contributed by atoms with E-state index in [0.29, 0.717) is 6.04 Å². The van der Waals surface area contributed by atoms with E-state index in [-0.39, 0.29) is 12.1 Å². The highest BCUT2D eigenvalue weighted by Gasteiger charge is 2.31. The third-order valence-corrected chi connectivity index (χ3v) is 3.61. The molecule has 106 valence electrons. The third-order valence-electron chi connectivity index (χ3n) is 3.61. The highest BCUT2D eigenvalue weighted by molar-refractivity contribution is 5.19. The fraction of sp³-hybridized carbons (Fsp3) is 0.667. The SMILES string of the molecule is Cc1ccc(C2C(CNC(C)C)OCCN2C)cn1. The first kappa shape index (κ1) is 14.4. The maximum absolute atomic E-state index is 5.96. The van der Waals surface area contributed by atoms with Crippen LogP contribution >= 0.6 is 0 Å². The van der Waals surface area contributed by atoms with Crippen molar-refractivity contribution < 1.29 is 4.74 Å². The molecule has 1 aliphatic rings. The van der Waals surface area contributed by atoms with E-state index in [1.807, 2.05) is 13.1 Å². The van der Waals surface area contributed by atoms with Gasteiger partial charge in [-0.15, -0.1) is 0 Å². The second kappa shape index (κ2) is 6.46. The van der Waals surface area contributed by atoms with Crippen molar-refractivity contribution >= 4 is 0 Å². The highest BCUT2D eigenvalue weighted by atomic mass is 16.5. The van der Waals surface area contributed by atoms with Crippen LogP contribution in [0.3, 0.4) is 0 Å². The summed E-state index contributed by atoms with van der Waals surface area (Å²) in [6.45, 7) is 8.99. The van der Waals surface area contributed by atoms with Crippen molar-refractivity contribution in [2.24, 2.45) is 0 Å². The minimum atomic E-state index is 0.186. The van der Waals surface area contributed by atoms with Crippen LogP contribution < -0.4 is 5.32 Å². The number of rotatable bonds is 4. The Morgan fingerprint density at radius 1 is 1.47 bits per heavy atom. The molecule has 2 heterocycles. The molecule has 1 aliphatic heterocycles. The third kappa shape index (κ3) is 3.75. The lowest BCUT2D eigenvalue weighted by molar-refractivity contribution is -0.0621. The molecule has 0 saturated carbocycles. The molecule has 19 heavy (non-hydrogen) atoms. The molecule has 1 saturated heterocycles. The molecule has 1 fully saturated rings. The van der Waals surface area contributed by atoms with E-state index >= 15 is 0 Å². The van der Waals surface area contributed by atoms with Gasteiger partial charge in [0.2, 0.25) is 0 Å². The van der Waals surface area contributed by atoms with Gasteiger partial charge in [-0.1, -0.05) is 19.9 Å². The van der Waals surface area contributed by atoms with E-state index in [9.17, 15) is 0 Å². The molecule has 0 aromatic carbocycles. The first-order valence-corrected chi connectivity index (χ1v) is 7.05. The topological polar surface area (TPSA) is 37.4 Å². The van der Waals surface area contributed by atoms with Crippen molar-refractivity contribution in [2.45, 2.75) is 39.0 Å². The van der Waals surface area contributed by atoms with E-state index in [1.165, 1.54) is 5.56 Å². The summed E-state index contributed by atoms with van der Waals surface area (Å²) in [5.74, 6) is 0.